The highest BCUT2D eigenvalue weighted by molar-refractivity contribution is 7.13. The first-order chi connectivity index (χ1) is 8.16. The lowest BCUT2D eigenvalue weighted by Crippen LogP contribution is -2.30. The second kappa shape index (κ2) is 5.10. The van der Waals surface area contributed by atoms with Gasteiger partial charge in [-0.2, -0.15) is 0 Å². The Labute approximate surface area is 105 Å². The molecule has 1 N–H and O–H groups in total. The normalized spacial score (nSPS) is 10.5. The van der Waals surface area contributed by atoms with Gasteiger partial charge in [-0.25, -0.2) is 0 Å². The maximum atomic E-state index is 11.8. The fourth-order valence-corrected chi connectivity index (χ4v) is 2.17. The van der Waals surface area contributed by atoms with E-state index < -0.39 is 0 Å². The summed E-state index contributed by atoms with van der Waals surface area (Å²) in [6.07, 6.45) is 1.67. The van der Waals surface area contributed by atoms with Crippen LogP contribution in [0.5, 0.6) is 0 Å². The Morgan fingerprint density at radius 1 is 1.41 bits per heavy atom. The molecule has 88 valence electrons. The van der Waals surface area contributed by atoms with E-state index in [0.717, 1.165) is 10.6 Å². The van der Waals surface area contributed by atoms with Crippen LogP contribution in [0, 0.1) is 0 Å². The molecule has 0 saturated carbocycles. The van der Waals surface area contributed by atoms with Crippen molar-refractivity contribution in [2.24, 2.45) is 0 Å². The van der Waals surface area contributed by atoms with Gasteiger partial charge >= 0.3 is 0 Å². The van der Waals surface area contributed by atoms with Crippen molar-refractivity contribution in [2.75, 3.05) is 0 Å². The zero-order valence-corrected chi connectivity index (χ0v) is 10.6. The second-order valence-electron chi connectivity index (χ2n) is 4.04. The summed E-state index contributed by atoms with van der Waals surface area (Å²) >= 11 is 1.62. The number of pyridine rings is 1. The van der Waals surface area contributed by atoms with Crippen LogP contribution in [0.15, 0.2) is 35.8 Å². The van der Waals surface area contributed by atoms with Gasteiger partial charge in [-0.15, -0.1) is 11.3 Å². The first-order valence-electron chi connectivity index (χ1n) is 5.47. The molecule has 2 aromatic heterocycles. The number of aromatic nitrogens is 1. The minimum absolute atomic E-state index is 0.0554. The summed E-state index contributed by atoms with van der Waals surface area (Å²) in [4.78, 5) is 17.2. The summed E-state index contributed by atoms with van der Waals surface area (Å²) < 4.78 is 0. The molecule has 2 aromatic rings. The van der Waals surface area contributed by atoms with Gasteiger partial charge in [0.1, 0.15) is 0 Å². The molecule has 17 heavy (non-hydrogen) atoms. The number of thiophene rings is 1. The van der Waals surface area contributed by atoms with Gasteiger partial charge in [-0.1, -0.05) is 6.07 Å². The van der Waals surface area contributed by atoms with Crippen LogP contribution in [0.3, 0.4) is 0 Å². The average molecular weight is 246 g/mol. The minimum Gasteiger partial charge on any atom is -0.350 e. The maximum absolute atomic E-state index is 11.8. The third-order valence-corrected chi connectivity index (χ3v) is 3.11. The van der Waals surface area contributed by atoms with Crippen molar-refractivity contribution < 1.29 is 4.79 Å². The Bertz CT molecular complexity index is 506. The van der Waals surface area contributed by atoms with E-state index in [9.17, 15) is 4.79 Å². The molecule has 0 fully saturated rings. The average Bonchev–Trinajstić information content (AvgIpc) is 2.82. The van der Waals surface area contributed by atoms with Gasteiger partial charge in [0.05, 0.1) is 10.6 Å². The van der Waals surface area contributed by atoms with Crippen molar-refractivity contribution in [3.63, 3.8) is 0 Å². The van der Waals surface area contributed by atoms with Crippen molar-refractivity contribution in [1.29, 1.82) is 0 Å². The standard InChI is InChI=1S/C13H14N2OS/c1-9(2)15-13(16)10-5-6-14-11(8-10)12-4-3-7-17-12/h3-9H,1-2H3,(H,15,16). The molecule has 0 atom stereocenters. The molecule has 0 saturated heterocycles. The molecular formula is C13H14N2OS. The Morgan fingerprint density at radius 3 is 2.88 bits per heavy atom. The smallest absolute Gasteiger partial charge is 0.251 e. The van der Waals surface area contributed by atoms with Gasteiger partial charge in [0, 0.05) is 17.8 Å². The summed E-state index contributed by atoms with van der Waals surface area (Å²) in [5, 5.41) is 4.87. The zero-order chi connectivity index (χ0) is 12.3. The summed E-state index contributed by atoms with van der Waals surface area (Å²) in [6.45, 7) is 3.89. The van der Waals surface area contributed by atoms with Crippen LogP contribution in [0.1, 0.15) is 24.2 Å². The second-order valence-corrected chi connectivity index (χ2v) is 4.98. The van der Waals surface area contributed by atoms with Gasteiger partial charge in [0.15, 0.2) is 0 Å². The third-order valence-electron chi connectivity index (χ3n) is 2.22. The molecule has 0 aliphatic carbocycles. The van der Waals surface area contributed by atoms with Gasteiger partial charge in [0.25, 0.3) is 5.91 Å². The van der Waals surface area contributed by atoms with Crippen molar-refractivity contribution >= 4 is 17.2 Å². The first kappa shape index (κ1) is 11.8. The summed E-state index contributed by atoms with van der Waals surface area (Å²) in [5.74, 6) is -0.0554. The summed E-state index contributed by atoms with van der Waals surface area (Å²) in [5.41, 5.74) is 1.49. The van der Waals surface area contributed by atoms with E-state index in [2.05, 4.69) is 10.3 Å². The fraction of sp³-hybridized carbons (Fsp3) is 0.231. The number of carbonyl (C=O) groups is 1. The molecule has 0 aliphatic rings. The molecule has 1 amide bonds. The van der Waals surface area contributed by atoms with Crippen LogP contribution >= 0.6 is 11.3 Å². The SMILES string of the molecule is CC(C)NC(=O)c1ccnc(-c2cccs2)c1. The van der Waals surface area contributed by atoms with Crippen molar-refractivity contribution in [3.8, 4) is 10.6 Å². The lowest BCUT2D eigenvalue weighted by Gasteiger charge is -2.08. The molecule has 0 aliphatic heterocycles. The van der Waals surface area contributed by atoms with Gasteiger partial charge in [0.2, 0.25) is 0 Å². The molecule has 0 unspecified atom stereocenters. The van der Waals surface area contributed by atoms with Crippen LogP contribution in [0.4, 0.5) is 0 Å². The third kappa shape index (κ3) is 2.91. The lowest BCUT2D eigenvalue weighted by molar-refractivity contribution is 0.0943. The molecular weight excluding hydrogens is 232 g/mol. The Hall–Kier alpha value is -1.68. The van der Waals surface area contributed by atoms with Gasteiger partial charge in [-0.3, -0.25) is 9.78 Å². The van der Waals surface area contributed by atoms with E-state index in [4.69, 9.17) is 0 Å². The van der Waals surface area contributed by atoms with Crippen LogP contribution in [0.2, 0.25) is 0 Å². The largest absolute Gasteiger partial charge is 0.350 e. The van der Waals surface area contributed by atoms with Crippen molar-refractivity contribution in [3.05, 3.63) is 41.4 Å². The molecule has 0 aromatic carbocycles. The Kier molecular flexibility index (Phi) is 3.54. The zero-order valence-electron chi connectivity index (χ0n) is 9.81. The number of hydrogen-bond donors (Lipinski definition) is 1. The molecule has 2 heterocycles. The number of carbonyl (C=O) groups excluding carboxylic acids is 1. The lowest BCUT2D eigenvalue weighted by atomic mass is 10.2. The van der Waals surface area contributed by atoms with Gasteiger partial charge < -0.3 is 5.32 Å². The predicted octanol–water partition coefficient (Wildman–Crippen LogP) is 2.95. The molecule has 0 radical (unpaired) electrons. The highest BCUT2D eigenvalue weighted by atomic mass is 32.1. The monoisotopic (exact) mass is 246 g/mol. The molecule has 2 rings (SSSR count). The number of nitrogens with zero attached hydrogens (tertiary/aromatic N) is 1. The van der Waals surface area contributed by atoms with Crippen molar-refractivity contribution in [1.82, 2.24) is 10.3 Å². The highest BCUT2D eigenvalue weighted by Crippen LogP contribution is 2.22. The number of amides is 1. The van der Waals surface area contributed by atoms with E-state index >= 15 is 0 Å². The number of rotatable bonds is 3. The van der Waals surface area contributed by atoms with Crippen LogP contribution in [-0.2, 0) is 0 Å². The highest BCUT2D eigenvalue weighted by Gasteiger charge is 2.09. The molecule has 3 nitrogen and oxygen atoms in total. The Morgan fingerprint density at radius 2 is 2.24 bits per heavy atom. The van der Waals surface area contributed by atoms with E-state index in [-0.39, 0.29) is 11.9 Å². The Balaban J connectivity index is 2.26. The van der Waals surface area contributed by atoms with E-state index in [1.54, 1.807) is 23.6 Å². The fourth-order valence-electron chi connectivity index (χ4n) is 1.48. The number of nitrogens with one attached hydrogen (secondary N) is 1. The molecule has 0 spiro atoms. The van der Waals surface area contributed by atoms with Gasteiger partial charge in [-0.05, 0) is 37.4 Å². The number of hydrogen-bond acceptors (Lipinski definition) is 3. The first-order valence-corrected chi connectivity index (χ1v) is 6.35. The molecule has 4 heteroatoms. The van der Waals surface area contributed by atoms with E-state index in [0.29, 0.717) is 5.56 Å². The molecule has 0 bridgehead atoms. The predicted molar refractivity (Wildman–Crippen MR) is 70.2 cm³/mol. The van der Waals surface area contributed by atoms with Crippen LogP contribution < -0.4 is 5.32 Å². The van der Waals surface area contributed by atoms with E-state index in [1.807, 2.05) is 37.4 Å². The van der Waals surface area contributed by atoms with E-state index in [1.165, 1.54) is 0 Å². The quantitative estimate of drug-likeness (QED) is 0.904. The van der Waals surface area contributed by atoms with Crippen LogP contribution in [0.25, 0.3) is 10.6 Å². The summed E-state index contributed by atoms with van der Waals surface area (Å²) in [6, 6.07) is 7.67. The topological polar surface area (TPSA) is 42.0 Å². The maximum Gasteiger partial charge on any atom is 0.251 e. The minimum atomic E-state index is -0.0554. The van der Waals surface area contributed by atoms with Crippen molar-refractivity contribution in [2.45, 2.75) is 19.9 Å². The van der Waals surface area contributed by atoms with Crippen LogP contribution in [-0.4, -0.2) is 16.9 Å². The summed E-state index contributed by atoms with van der Waals surface area (Å²) in [7, 11) is 0.